The van der Waals surface area contributed by atoms with Crippen LogP contribution in [0.5, 0.6) is 0 Å². The Morgan fingerprint density at radius 2 is 2.00 bits per heavy atom. The van der Waals surface area contributed by atoms with E-state index in [0.29, 0.717) is 17.7 Å². The molecule has 0 atom stereocenters. The third-order valence-electron chi connectivity index (χ3n) is 3.55. The van der Waals surface area contributed by atoms with Crippen LogP contribution in [0.3, 0.4) is 0 Å². The van der Waals surface area contributed by atoms with Crippen molar-refractivity contribution in [1.29, 1.82) is 0 Å². The highest BCUT2D eigenvalue weighted by Gasteiger charge is 2.16. The summed E-state index contributed by atoms with van der Waals surface area (Å²) in [4.78, 5) is 35.2. The average molecular weight is 341 g/mol. The highest BCUT2D eigenvalue weighted by molar-refractivity contribution is 5.82. The summed E-state index contributed by atoms with van der Waals surface area (Å²) in [7, 11) is 0. The minimum absolute atomic E-state index is 0.108. The van der Waals surface area contributed by atoms with E-state index in [1.165, 1.54) is 4.57 Å². The number of hydrogen-bond acceptors (Lipinski definition) is 6. The van der Waals surface area contributed by atoms with Gasteiger partial charge in [-0.25, -0.2) is 14.8 Å². The van der Waals surface area contributed by atoms with Crippen molar-refractivity contribution in [2.75, 3.05) is 5.73 Å². The second kappa shape index (κ2) is 6.76. The average Bonchev–Trinajstić information content (AvgIpc) is 2.85. The van der Waals surface area contributed by atoms with Gasteiger partial charge in [-0.15, -0.1) is 0 Å². The van der Waals surface area contributed by atoms with Crippen molar-refractivity contribution in [3.63, 3.8) is 0 Å². The number of H-pyrrole nitrogens is 1. The molecule has 1 aromatic carbocycles. The molecule has 8 nitrogen and oxygen atoms in total. The van der Waals surface area contributed by atoms with Crippen molar-refractivity contribution >= 4 is 23.0 Å². The van der Waals surface area contributed by atoms with E-state index in [4.69, 9.17) is 10.5 Å². The molecule has 3 rings (SSSR count). The Bertz CT molecular complexity index is 960. The van der Waals surface area contributed by atoms with Crippen LogP contribution in [0.25, 0.3) is 11.2 Å². The van der Waals surface area contributed by atoms with Crippen molar-refractivity contribution in [3.8, 4) is 0 Å². The van der Waals surface area contributed by atoms with Crippen LogP contribution in [-0.2, 0) is 22.5 Å². The minimum atomic E-state index is -0.443. The van der Waals surface area contributed by atoms with Gasteiger partial charge in [-0.3, -0.25) is 9.36 Å². The van der Waals surface area contributed by atoms with E-state index in [2.05, 4.69) is 15.0 Å². The van der Waals surface area contributed by atoms with E-state index in [1.54, 1.807) is 13.8 Å². The van der Waals surface area contributed by atoms with Crippen LogP contribution in [0.2, 0.25) is 0 Å². The summed E-state index contributed by atoms with van der Waals surface area (Å²) in [6, 6.07) is 9.52. The molecule has 8 heteroatoms. The first-order valence-electron chi connectivity index (χ1n) is 7.92. The smallest absolute Gasteiger partial charge is 0.328 e. The molecule has 0 aliphatic heterocycles. The van der Waals surface area contributed by atoms with Gasteiger partial charge in [0.15, 0.2) is 11.5 Å². The monoisotopic (exact) mass is 341 g/mol. The number of aromatic nitrogens is 4. The van der Waals surface area contributed by atoms with Crippen LogP contribution in [0.4, 0.5) is 5.82 Å². The van der Waals surface area contributed by atoms with E-state index >= 15 is 0 Å². The largest absolute Gasteiger partial charge is 0.463 e. The molecule has 0 radical (unpaired) electrons. The van der Waals surface area contributed by atoms with Gasteiger partial charge in [-0.1, -0.05) is 30.3 Å². The molecule has 0 spiro atoms. The molecular weight excluding hydrogens is 322 g/mol. The summed E-state index contributed by atoms with van der Waals surface area (Å²) in [6.45, 7) is 3.87. The van der Waals surface area contributed by atoms with Crippen LogP contribution >= 0.6 is 0 Å². The first kappa shape index (κ1) is 16.7. The Morgan fingerprint density at radius 3 is 2.68 bits per heavy atom. The number of imidazole rings is 1. The zero-order valence-corrected chi connectivity index (χ0v) is 14.0. The van der Waals surface area contributed by atoms with Crippen LogP contribution in [0.1, 0.15) is 25.2 Å². The Balaban J connectivity index is 1.99. The predicted molar refractivity (Wildman–Crippen MR) is 93.0 cm³/mol. The first-order chi connectivity index (χ1) is 11.9. The van der Waals surface area contributed by atoms with Crippen LogP contribution in [-0.4, -0.2) is 31.6 Å². The van der Waals surface area contributed by atoms with Gasteiger partial charge in [0.1, 0.15) is 17.8 Å². The Labute approximate surface area is 143 Å². The SMILES string of the molecule is CC(C)OC(=O)Cc1nc(N)c2[nH]c(=O)n(Cc3ccccc3)c2n1. The molecule has 0 aliphatic carbocycles. The molecule has 0 aliphatic rings. The molecule has 3 aromatic rings. The fourth-order valence-corrected chi connectivity index (χ4v) is 2.52. The van der Waals surface area contributed by atoms with Crippen molar-refractivity contribution in [2.24, 2.45) is 0 Å². The zero-order chi connectivity index (χ0) is 18.0. The third-order valence-corrected chi connectivity index (χ3v) is 3.55. The van der Waals surface area contributed by atoms with Gasteiger partial charge in [-0.05, 0) is 19.4 Å². The van der Waals surface area contributed by atoms with Gasteiger partial charge in [0.05, 0.1) is 12.6 Å². The molecule has 0 bridgehead atoms. The van der Waals surface area contributed by atoms with Crippen molar-refractivity contribution in [3.05, 3.63) is 52.2 Å². The number of nitrogens with two attached hydrogens (primary N) is 1. The second-order valence-corrected chi connectivity index (χ2v) is 5.94. The maximum atomic E-state index is 12.3. The standard InChI is InChI=1S/C17H19N5O3/c1-10(2)25-13(23)8-12-19-15(18)14-16(20-12)22(17(24)21-14)9-11-6-4-3-5-7-11/h3-7,10H,8-9H2,1-2H3,(H,21,24)(H2,18,19,20). The van der Waals surface area contributed by atoms with E-state index in [9.17, 15) is 9.59 Å². The number of ether oxygens (including phenoxy) is 1. The molecule has 0 fully saturated rings. The summed E-state index contributed by atoms with van der Waals surface area (Å²) in [6.07, 6.45) is -0.333. The van der Waals surface area contributed by atoms with Crippen molar-refractivity contribution in [2.45, 2.75) is 32.9 Å². The molecule has 130 valence electrons. The number of nitrogen functional groups attached to an aromatic ring is 1. The molecular formula is C17H19N5O3. The summed E-state index contributed by atoms with van der Waals surface area (Å²) in [5.41, 5.74) is 7.27. The Kier molecular flexibility index (Phi) is 4.51. The molecule has 0 amide bonds. The van der Waals surface area contributed by atoms with Crippen molar-refractivity contribution in [1.82, 2.24) is 19.5 Å². The quantitative estimate of drug-likeness (QED) is 0.675. The fraction of sp³-hybridized carbons (Fsp3) is 0.294. The summed E-state index contributed by atoms with van der Waals surface area (Å²) >= 11 is 0. The van der Waals surface area contributed by atoms with Gasteiger partial charge < -0.3 is 15.5 Å². The minimum Gasteiger partial charge on any atom is -0.463 e. The topological polar surface area (TPSA) is 116 Å². The first-order valence-corrected chi connectivity index (χ1v) is 7.92. The summed E-state index contributed by atoms with van der Waals surface area (Å²) in [5, 5.41) is 0. The number of nitrogens with one attached hydrogen (secondary N) is 1. The second-order valence-electron chi connectivity index (χ2n) is 5.94. The molecule has 3 N–H and O–H groups in total. The van der Waals surface area contributed by atoms with Gasteiger partial charge >= 0.3 is 11.7 Å². The van der Waals surface area contributed by atoms with Crippen LogP contribution in [0.15, 0.2) is 35.1 Å². The molecule has 0 unspecified atom stereocenters. The number of benzene rings is 1. The van der Waals surface area contributed by atoms with Crippen molar-refractivity contribution < 1.29 is 9.53 Å². The van der Waals surface area contributed by atoms with E-state index in [1.807, 2.05) is 30.3 Å². The number of aromatic amines is 1. The van der Waals surface area contributed by atoms with E-state index < -0.39 is 5.97 Å². The van der Waals surface area contributed by atoms with Gasteiger partial charge in [0.25, 0.3) is 0 Å². The number of hydrogen-bond donors (Lipinski definition) is 2. The van der Waals surface area contributed by atoms with Gasteiger partial charge in [0, 0.05) is 0 Å². The Hall–Kier alpha value is -3.16. The maximum Gasteiger partial charge on any atom is 0.328 e. The summed E-state index contributed by atoms with van der Waals surface area (Å²) < 4.78 is 6.57. The van der Waals surface area contributed by atoms with Crippen LogP contribution in [0, 0.1) is 0 Å². The highest BCUT2D eigenvalue weighted by atomic mass is 16.5. The Morgan fingerprint density at radius 1 is 1.28 bits per heavy atom. The number of anilines is 1. The van der Waals surface area contributed by atoms with Crippen LogP contribution < -0.4 is 11.4 Å². The number of carbonyl (C=O) groups excluding carboxylic acids is 1. The molecule has 0 saturated heterocycles. The number of fused-ring (bicyclic) bond motifs is 1. The normalized spacial score (nSPS) is 11.2. The number of nitrogens with zero attached hydrogens (tertiary/aromatic N) is 3. The number of carbonyl (C=O) groups is 1. The van der Waals surface area contributed by atoms with Gasteiger partial charge in [-0.2, -0.15) is 0 Å². The predicted octanol–water partition coefficient (Wildman–Crippen LogP) is 1.24. The lowest BCUT2D eigenvalue weighted by Crippen LogP contribution is -2.18. The fourth-order valence-electron chi connectivity index (χ4n) is 2.52. The number of rotatable bonds is 5. The highest BCUT2D eigenvalue weighted by Crippen LogP contribution is 2.16. The molecule has 2 aromatic heterocycles. The molecule has 2 heterocycles. The maximum absolute atomic E-state index is 12.3. The third kappa shape index (κ3) is 3.68. The lowest BCUT2D eigenvalue weighted by molar-refractivity contribution is -0.146. The lowest BCUT2D eigenvalue weighted by atomic mass is 10.2. The van der Waals surface area contributed by atoms with Gasteiger partial charge in [0.2, 0.25) is 0 Å². The number of esters is 1. The molecule has 0 saturated carbocycles. The van der Waals surface area contributed by atoms with E-state index in [0.717, 1.165) is 5.56 Å². The van der Waals surface area contributed by atoms with E-state index in [-0.39, 0.29) is 29.9 Å². The molecule has 25 heavy (non-hydrogen) atoms. The zero-order valence-electron chi connectivity index (χ0n) is 14.0. The summed E-state index contributed by atoms with van der Waals surface area (Å²) in [5.74, 6) is -0.0982. The lowest BCUT2D eigenvalue weighted by Gasteiger charge is -2.08.